The van der Waals surface area contributed by atoms with E-state index in [4.69, 9.17) is 11.0 Å². The average molecular weight is 313 g/mol. The molecule has 0 fully saturated rings. The molecule has 1 aromatic carbocycles. The molecular formula is C10H5F6N3S. The highest BCUT2D eigenvalue weighted by Gasteiger charge is 2.41. The number of nitrogens with two attached hydrogens (primary N) is 1. The second kappa shape index (κ2) is 5.16. The second-order valence-corrected chi connectivity index (χ2v) is 3.98. The van der Waals surface area contributed by atoms with Crippen LogP contribution >= 0.6 is 12.2 Å². The fourth-order valence-corrected chi connectivity index (χ4v) is 1.54. The molecule has 108 valence electrons. The van der Waals surface area contributed by atoms with Gasteiger partial charge in [-0.25, -0.2) is 0 Å². The van der Waals surface area contributed by atoms with Gasteiger partial charge < -0.3 is 11.1 Å². The fraction of sp³-hybridized carbons (Fsp3) is 0.200. The van der Waals surface area contributed by atoms with Crippen molar-refractivity contribution in [1.82, 2.24) is 0 Å². The molecule has 0 saturated carbocycles. The molecule has 0 aliphatic carbocycles. The minimum absolute atomic E-state index is 0.340. The number of nitriles is 1. The predicted octanol–water partition coefficient (Wildman–Crippen LogP) is 3.25. The number of thiocarbonyl (C=S) groups is 1. The molecule has 0 heterocycles. The number of rotatable bonds is 1. The lowest BCUT2D eigenvalue weighted by atomic mass is 9.99. The number of alkyl halides is 6. The molecule has 0 atom stereocenters. The van der Waals surface area contributed by atoms with Crippen molar-refractivity contribution in [2.45, 2.75) is 12.4 Å². The van der Waals surface area contributed by atoms with Crippen LogP contribution in [0.15, 0.2) is 12.1 Å². The maximum Gasteiger partial charge on any atom is 0.417 e. The molecular weight excluding hydrogens is 308 g/mol. The number of nitrogens with zero attached hydrogens (tertiary/aromatic N) is 1. The Morgan fingerprint density at radius 3 is 1.75 bits per heavy atom. The fourth-order valence-electron chi connectivity index (χ4n) is 1.42. The van der Waals surface area contributed by atoms with Gasteiger partial charge >= 0.3 is 12.4 Å². The van der Waals surface area contributed by atoms with E-state index < -0.39 is 39.8 Å². The summed E-state index contributed by atoms with van der Waals surface area (Å²) in [6.45, 7) is 0. The van der Waals surface area contributed by atoms with E-state index in [1.807, 2.05) is 5.32 Å². The number of benzene rings is 1. The Morgan fingerprint density at radius 1 is 1.10 bits per heavy atom. The zero-order valence-electron chi connectivity index (χ0n) is 9.36. The number of hydrogen-bond donors (Lipinski definition) is 2. The Bertz CT molecular complexity index is 549. The van der Waals surface area contributed by atoms with Crippen LogP contribution in [0.2, 0.25) is 0 Å². The third kappa shape index (κ3) is 3.51. The summed E-state index contributed by atoms with van der Waals surface area (Å²) in [5.74, 6) is 0. The molecule has 0 spiro atoms. The first kappa shape index (κ1) is 16.0. The summed E-state index contributed by atoms with van der Waals surface area (Å²) < 4.78 is 76.3. The van der Waals surface area contributed by atoms with Crippen LogP contribution in [0, 0.1) is 11.3 Å². The van der Waals surface area contributed by atoms with Crippen LogP contribution in [0.1, 0.15) is 16.7 Å². The quantitative estimate of drug-likeness (QED) is 0.617. The largest absolute Gasteiger partial charge is 0.417 e. The molecule has 0 aliphatic heterocycles. The van der Waals surface area contributed by atoms with E-state index in [2.05, 4.69) is 12.2 Å². The van der Waals surface area contributed by atoms with Gasteiger partial charge in [-0.3, -0.25) is 0 Å². The first-order valence-electron chi connectivity index (χ1n) is 4.76. The van der Waals surface area contributed by atoms with Crippen LogP contribution in [0.3, 0.4) is 0 Å². The van der Waals surface area contributed by atoms with E-state index in [0.29, 0.717) is 12.1 Å². The van der Waals surface area contributed by atoms with Crippen LogP contribution in [0.25, 0.3) is 0 Å². The number of hydrogen-bond acceptors (Lipinski definition) is 2. The van der Waals surface area contributed by atoms with E-state index in [0.717, 1.165) is 6.07 Å². The Balaban J connectivity index is 3.66. The summed E-state index contributed by atoms with van der Waals surface area (Å²) in [7, 11) is 0. The standard InChI is InChI=1S/C10H5F6N3S/c11-9(12,13)6-1-4(19-8(18)20)2-7(5(6)3-17)10(14,15)16/h1-2H,(H3,18,19,20). The molecule has 0 bridgehead atoms. The highest BCUT2D eigenvalue weighted by molar-refractivity contribution is 7.80. The number of anilines is 1. The first-order chi connectivity index (χ1) is 8.96. The van der Waals surface area contributed by atoms with Gasteiger partial charge in [0.2, 0.25) is 0 Å². The van der Waals surface area contributed by atoms with Crippen LogP contribution in [-0.4, -0.2) is 5.11 Å². The van der Waals surface area contributed by atoms with Crippen molar-refractivity contribution < 1.29 is 26.3 Å². The summed E-state index contributed by atoms with van der Waals surface area (Å²) >= 11 is 4.35. The third-order valence-corrected chi connectivity index (χ3v) is 2.23. The van der Waals surface area contributed by atoms with Crippen molar-refractivity contribution in [2.75, 3.05) is 5.32 Å². The van der Waals surface area contributed by atoms with Gasteiger partial charge in [0.1, 0.15) is 6.07 Å². The maximum absolute atomic E-state index is 12.7. The summed E-state index contributed by atoms with van der Waals surface area (Å²) in [5, 5.41) is 10.1. The molecule has 10 heteroatoms. The number of halogens is 6. The molecule has 1 rings (SSSR count). The molecule has 0 saturated heterocycles. The van der Waals surface area contributed by atoms with Gasteiger partial charge in [-0.15, -0.1) is 0 Å². The van der Waals surface area contributed by atoms with Crippen molar-refractivity contribution in [3.63, 3.8) is 0 Å². The van der Waals surface area contributed by atoms with Crippen LogP contribution in [0.5, 0.6) is 0 Å². The zero-order chi connectivity index (χ0) is 15.7. The predicted molar refractivity (Wildman–Crippen MR) is 61.6 cm³/mol. The van der Waals surface area contributed by atoms with Crippen molar-refractivity contribution in [2.24, 2.45) is 5.73 Å². The highest BCUT2D eigenvalue weighted by Crippen LogP contribution is 2.40. The highest BCUT2D eigenvalue weighted by atomic mass is 32.1. The van der Waals surface area contributed by atoms with Gasteiger partial charge in [0.05, 0.1) is 16.7 Å². The molecule has 3 nitrogen and oxygen atoms in total. The third-order valence-electron chi connectivity index (χ3n) is 2.13. The van der Waals surface area contributed by atoms with Crippen molar-refractivity contribution >= 4 is 23.0 Å². The lowest BCUT2D eigenvalue weighted by Gasteiger charge is -2.17. The minimum Gasteiger partial charge on any atom is -0.376 e. The second-order valence-electron chi connectivity index (χ2n) is 3.54. The van der Waals surface area contributed by atoms with Gasteiger partial charge in [-0.05, 0) is 24.4 Å². The van der Waals surface area contributed by atoms with E-state index in [1.165, 1.54) is 0 Å². The van der Waals surface area contributed by atoms with E-state index in [-0.39, 0.29) is 0 Å². The summed E-state index contributed by atoms with van der Waals surface area (Å²) in [6.07, 6.45) is -10.3. The Labute approximate surface area is 114 Å². The molecule has 1 aromatic rings. The Kier molecular flexibility index (Phi) is 4.14. The van der Waals surface area contributed by atoms with Gasteiger partial charge in [-0.2, -0.15) is 31.6 Å². The van der Waals surface area contributed by atoms with Gasteiger partial charge in [0, 0.05) is 5.69 Å². The topological polar surface area (TPSA) is 61.8 Å². The monoisotopic (exact) mass is 313 g/mol. The average Bonchev–Trinajstić information content (AvgIpc) is 2.24. The maximum atomic E-state index is 12.7. The van der Waals surface area contributed by atoms with Crippen LogP contribution < -0.4 is 11.1 Å². The van der Waals surface area contributed by atoms with E-state index >= 15 is 0 Å². The summed E-state index contributed by atoms with van der Waals surface area (Å²) in [5.41, 5.74) is -0.525. The Hall–Kier alpha value is -2.02. The molecule has 0 aromatic heterocycles. The molecule has 0 amide bonds. The normalized spacial score (nSPS) is 11.8. The molecule has 0 aliphatic rings. The molecule has 0 unspecified atom stereocenters. The Morgan fingerprint density at radius 2 is 1.50 bits per heavy atom. The smallest absolute Gasteiger partial charge is 0.376 e. The lowest BCUT2D eigenvalue weighted by Crippen LogP contribution is -2.21. The summed E-state index contributed by atoms with van der Waals surface area (Å²) in [4.78, 5) is 0. The van der Waals surface area contributed by atoms with Crippen LogP contribution in [-0.2, 0) is 12.4 Å². The van der Waals surface area contributed by atoms with Crippen molar-refractivity contribution in [3.8, 4) is 6.07 Å². The zero-order valence-corrected chi connectivity index (χ0v) is 10.2. The molecule has 0 radical (unpaired) electrons. The van der Waals surface area contributed by atoms with Crippen LogP contribution in [0.4, 0.5) is 32.0 Å². The molecule has 3 N–H and O–H groups in total. The molecule has 20 heavy (non-hydrogen) atoms. The van der Waals surface area contributed by atoms with Crippen molar-refractivity contribution in [3.05, 3.63) is 28.8 Å². The number of nitrogens with one attached hydrogen (secondary N) is 1. The summed E-state index contributed by atoms with van der Waals surface area (Å²) in [6, 6.07) is 1.61. The first-order valence-corrected chi connectivity index (χ1v) is 5.16. The van der Waals surface area contributed by atoms with E-state index in [9.17, 15) is 26.3 Å². The van der Waals surface area contributed by atoms with Gasteiger partial charge in [-0.1, -0.05) is 0 Å². The van der Waals surface area contributed by atoms with Gasteiger partial charge in [0.25, 0.3) is 0 Å². The van der Waals surface area contributed by atoms with E-state index in [1.54, 1.807) is 0 Å². The van der Waals surface area contributed by atoms with Gasteiger partial charge in [0.15, 0.2) is 5.11 Å². The minimum atomic E-state index is -5.13. The SMILES string of the molecule is N#Cc1c(C(F)(F)F)cc(NC(N)=S)cc1C(F)(F)F. The van der Waals surface area contributed by atoms with Crippen molar-refractivity contribution in [1.29, 1.82) is 5.26 Å². The lowest BCUT2D eigenvalue weighted by molar-refractivity contribution is -0.143.